The molecule has 1 atom stereocenters. The van der Waals surface area contributed by atoms with Gasteiger partial charge in [0.15, 0.2) is 0 Å². The molecule has 0 aliphatic carbocycles. The van der Waals surface area contributed by atoms with Crippen LogP contribution in [-0.4, -0.2) is 34.8 Å². The Labute approximate surface area is 159 Å². The Bertz CT molecular complexity index is 871. The predicted octanol–water partition coefficient (Wildman–Crippen LogP) is 3.56. The topological polar surface area (TPSA) is 79.3 Å². The number of aliphatic hydroxyl groups is 1. The standard InChI is InChI=1S/C21H24N4O2/c1-15(14-26)23-21-24-18(16-8-4-3-5-9-16)12-20(25-21)22-13-17-10-6-7-11-19(17)27-2/h3-12,15,26H,13-14H2,1-2H3,(H2,22,23,24,25)/t15-/m1/s1. The van der Waals surface area contributed by atoms with Crippen molar-refractivity contribution in [3.8, 4) is 17.0 Å². The molecule has 0 amide bonds. The zero-order valence-electron chi connectivity index (χ0n) is 15.5. The normalized spacial score (nSPS) is 11.7. The van der Waals surface area contributed by atoms with Crippen LogP contribution in [0.25, 0.3) is 11.3 Å². The van der Waals surface area contributed by atoms with Crippen molar-refractivity contribution in [2.24, 2.45) is 0 Å². The minimum absolute atomic E-state index is 0.00288. The van der Waals surface area contributed by atoms with Gasteiger partial charge < -0.3 is 20.5 Å². The van der Waals surface area contributed by atoms with Gasteiger partial charge in [0, 0.05) is 29.8 Å². The average Bonchev–Trinajstić information content (AvgIpc) is 2.72. The highest BCUT2D eigenvalue weighted by molar-refractivity contribution is 5.64. The van der Waals surface area contributed by atoms with Gasteiger partial charge in [-0.1, -0.05) is 48.5 Å². The molecule has 6 nitrogen and oxygen atoms in total. The Morgan fingerprint density at radius 1 is 1.04 bits per heavy atom. The molecule has 0 unspecified atom stereocenters. The smallest absolute Gasteiger partial charge is 0.225 e. The number of hydrogen-bond acceptors (Lipinski definition) is 6. The second-order valence-electron chi connectivity index (χ2n) is 6.22. The number of aromatic nitrogens is 2. The Morgan fingerprint density at radius 2 is 1.78 bits per heavy atom. The van der Waals surface area contributed by atoms with E-state index < -0.39 is 0 Å². The molecule has 0 radical (unpaired) electrons. The molecule has 3 rings (SSSR count). The Morgan fingerprint density at radius 3 is 2.52 bits per heavy atom. The van der Waals surface area contributed by atoms with Gasteiger partial charge in [-0.25, -0.2) is 4.98 Å². The van der Waals surface area contributed by atoms with Gasteiger partial charge in [-0.3, -0.25) is 0 Å². The minimum atomic E-state index is -0.141. The summed E-state index contributed by atoms with van der Waals surface area (Å²) in [7, 11) is 1.66. The number of benzene rings is 2. The van der Waals surface area contributed by atoms with E-state index in [0.29, 0.717) is 18.3 Å². The average molecular weight is 364 g/mol. The third kappa shape index (κ3) is 4.95. The number of rotatable bonds is 8. The van der Waals surface area contributed by atoms with Gasteiger partial charge in [-0.05, 0) is 13.0 Å². The molecule has 0 saturated carbocycles. The van der Waals surface area contributed by atoms with Crippen molar-refractivity contribution in [3.63, 3.8) is 0 Å². The second kappa shape index (κ2) is 9.00. The highest BCUT2D eigenvalue weighted by Gasteiger charge is 2.10. The van der Waals surface area contributed by atoms with Crippen molar-refractivity contribution in [2.75, 3.05) is 24.4 Å². The van der Waals surface area contributed by atoms with Crippen molar-refractivity contribution < 1.29 is 9.84 Å². The van der Waals surface area contributed by atoms with E-state index in [1.807, 2.05) is 67.6 Å². The summed E-state index contributed by atoms with van der Waals surface area (Å²) in [6.45, 7) is 2.45. The maximum Gasteiger partial charge on any atom is 0.225 e. The number of para-hydroxylation sites is 1. The molecule has 3 N–H and O–H groups in total. The molecule has 140 valence electrons. The van der Waals surface area contributed by atoms with Gasteiger partial charge in [0.05, 0.1) is 19.4 Å². The van der Waals surface area contributed by atoms with Crippen LogP contribution in [0.3, 0.4) is 0 Å². The van der Waals surface area contributed by atoms with E-state index in [1.165, 1.54) is 0 Å². The Kier molecular flexibility index (Phi) is 6.22. The molecular weight excluding hydrogens is 340 g/mol. The van der Waals surface area contributed by atoms with Gasteiger partial charge in [0.1, 0.15) is 11.6 Å². The first-order chi connectivity index (χ1) is 13.2. The lowest BCUT2D eigenvalue weighted by atomic mass is 10.1. The summed E-state index contributed by atoms with van der Waals surface area (Å²) < 4.78 is 5.40. The summed E-state index contributed by atoms with van der Waals surface area (Å²) >= 11 is 0. The number of ether oxygens (including phenoxy) is 1. The van der Waals surface area contributed by atoms with Crippen molar-refractivity contribution in [1.29, 1.82) is 0 Å². The quantitative estimate of drug-likeness (QED) is 0.567. The molecule has 0 aliphatic rings. The monoisotopic (exact) mass is 364 g/mol. The molecule has 1 aromatic heterocycles. The molecule has 2 aromatic carbocycles. The lowest BCUT2D eigenvalue weighted by molar-refractivity contribution is 0.281. The number of methoxy groups -OCH3 is 1. The number of nitrogens with one attached hydrogen (secondary N) is 2. The summed E-state index contributed by atoms with van der Waals surface area (Å²) in [5, 5.41) is 15.8. The van der Waals surface area contributed by atoms with Crippen molar-refractivity contribution in [1.82, 2.24) is 9.97 Å². The molecule has 27 heavy (non-hydrogen) atoms. The van der Waals surface area contributed by atoms with Crippen LogP contribution < -0.4 is 15.4 Å². The van der Waals surface area contributed by atoms with Crippen LogP contribution in [-0.2, 0) is 6.54 Å². The fourth-order valence-corrected chi connectivity index (χ4v) is 2.66. The highest BCUT2D eigenvalue weighted by atomic mass is 16.5. The number of nitrogens with zero attached hydrogens (tertiary/aromatic N) is 2. The van der Waals surface area contributed by atoms with Gasteiger partial charge in [0.2, 0.25) is 5.95 Å². The zero-order chi connectivity index (χ0) is 19.1. The minimum Gasteiger partial charge on any atom is -0.496 e. The second-order valence-corrected chi connectivity index (χ2v) is 6.22. The van der Waals surface area contributed by atoms with E-state index >= 15 is 0 Å². The SMILES string of the molecule is COc1ccccc1CNc1cc(-c2ccccc2)nc(N[C@H](C)CO)n1. The Hall–Kier alpha value is -3.12. The van der Waals surface area contributed by atoms with E-state index in [0.717, 1.165) is 22.6 Å². The first kappa shape index (κ1) is 18.7. The number of aliphatic hydroxyl groups excluding tert-OH is 1. The van der Waals surface area contributed by atoms with Crippen LogP contribution in [0.1, 0.15) is 12.5 Å². The molecule has 3 aromatic rings. The molecule has 0 bridgehead atoms. The van der Waals surface area contributed by atoms with Crippen LogP contribution >= 0.6 is 0 Å². The van der Waals surface area contributed by atoms with Gasteiger partial charge in [0.25, 0.3) is 0 Å². The molecule has 0 saturated heterocycles. The Balaban J connectivity index is 1.87. The summed E-state index contributed by atoms with van der Waals surface area (Å²) in [5.74, 6) is 2.00. The highest BCUT2D eigenvalue weighted by Crippen LogP contribution is 2.23. The third-order valence-electron chi connectivity index (χ3n) is 4.10. The lowest BCUT2D eigenvalue weighted by Gasteiger charge is -2.15. The molecule has 0 aliphatic heterocycles. The van der Waals surface area contributed by atoms with Crippen molar-refractivity contribution >= 4 is 11.8 Å². The first-order valence-electron chi connectivity index (χ1n) is 8.87. The maximum atomic E-state index is 9.31. The largest absolute Gasteiger partial charge is 0.496 e. The van der Waals surface area contributed by atoms with Gasteiger partial charge in [-0.15, -0.1) is 0 Å². The van der Waals surface area contributed by atoms with Crippen LogP contribution in [0, 0.1) is 0 Å². The van der Waals surface area contributed by atoms with E-state index in [4.69, 9.17) is 4.74 Å². The first-order valence-corrected chi connectivity index (χ1v) is 8.87. The van der Waals surface area contributed by atoms with E-state index in [2.05, 4.69) is 20.6 Å². The van der Waals surface area contributed by atoms with Gasteiger partial charge in [-0.2, -0.15) is 4.98 Å². The third-order valence-corrected chi connectivity index (χ3v) is 4.10. The number of anilines is 2. The van der Waals surface area contributed by atoms with E-state index in [-0.39, 0.29) is 12.6 Å². The predicted molar refractivity (Wildman–Crippen MR) is 108 cm³/mol. The van der Waals surface area contributed by atoms with Crippen LogP contribution in [0.15, 0.2) is 60.7 Å². The zero-order valence-corrected chi connectivity index (χ0v) is 15.5. The van der Waals surface area contributed by atoms with Gasteiger partial charge >= 0.3 is 0 Å². The maximum absolute atomic E-state index is 9.31. The molecule has 0 spiro atoms. The molecule has 0 fully saturated rings. The number of hydrogen-bond donors (Lipinski definition) is 3. The van der Waals surface area contributed by atoms with E-state index in [9.17, 15) is 5.11 Å². The van der Waals surface area contributed by atoms with E-state index in [1.54, 1.807) is 7.11 Å². The summed E-state index contributed by atoms with van der Waals surface area (Å²) in [4.78, 5) is 9.11. The molecular formula is C21H24N4O2. The van der Waals surface area contributed by atoms with Crippen molar-refractivity contribution in [2.45, 2.75) is 19.5 Å². The van der Waals surface area contributed by atoms with Crippen LogP contribution in [0.5, 0.6) is 5.75 Å². The van der Waals surface area contributed by atoms with Crippen molar-refractivity contribution in [3.05, 3.63) is 66.2 Å². The summed E-state index contributed by atoms with van der Waals surface area (Å²) in [6.07, 6.45) is 0. The summed E-state index contributed by atoms with van der Waals surface area (Å²) in [5.41, 5.74) is 2.85. The van der Waals surface area contributed by atoms with Crippen LogP contribution in [0.2, 0.25) is 0 Å². The fourth-order valence-electron chi connectivity index (χ4n) is 2.66. The molecule has 6 heteroatoms. The fraction of sp³-hybridized carbons (Fsp3) is 0.238. The van der Waals surface area contributed by atoms with Crippen LogP contribution in [0.4, 0.5) is 11.8 Å². The molecule has 1 heterocycles. The lowest BCUT2D eigenvalue weighted by Crippen LogP contribution is -2.21. The summed E-state index contributed by atoms with van der Waals surface area (Å²) in [6, 6.07) is 19.6.